The van der Waals surface area contributed by atoms with Crippen LogP contribution in [0.4, 0.5) is 17.1 Å². The zero-order chi connectivity index (χ0) is 19.9. The Bertz CT molecular complexity index is 1060. The lowest BCUT2D eigenvalue weighted by Gasteiger charge is -2.25. The topological polar surface area (TPSA) is 19.0 Å². The summed E-state index contributed by atoms with van der Waals surface area (Å²) in [5.74, 6) is 0. The quantitative estimate of drug-likeness (QED) is 0.256. The summed E-state index contributed by atoms with van der Waals surface area (Å²) < 4.78 is 1.29. The molecule has 142 valence electrons. The lowest BCUT2D eigenvalue weighted by atomic mass is 10.2. The first-order chi connectivity index (χ1) is 14.3. The fraction of sp³-hybridized carbons (Fsp3) is 0. The first-order valence-electron chi connectivity index (χ1n) is 9.50. The summed E-state index contributed by atoms with van der Waals surface area (Å²) in [7, 11) is 0. The van der Waals surface area contributed by atoms with Crippen molar-refractivity contribution in [2.45, 2.75) is 0 Å². The Morgan fingerprint density at radius 3 is 1.38 bits per heavy atom. The van der Waals surface area contributed by atoms with E-state index in [2.05, 4.69) is 123 Å². The van der Waals surface area contributed by atoms with Crippen molar-refractivity contribution in [3.05, 3.63) is 125 Å². The van der Waals surface area contributed by atoms with Crippen LogP contribution in [0.2, 0.25) is 0 Å². The molecule has 5 rings (SSSR count). The molecule has 3 heteroatoms. The maximum atomic E-state index is 3.18. The second-order valence-corrected chi connectivity index (χ2v) is 7.69. The molecule has 0 atom stereocenters. The van der Waals surface area contributed by atoms with Gasteiger partial charge in [-0.05, 0) is 65.1 Å². The number of para-hydroxylation sites is 4. The van der Waals surface area contributed by atoms with Crippen LogP contribution in [0.15, 0.2) is 121 Å². The number of H-pyrrole nitrogens is 1. The van der Waals surface area contributed by atoms with Crippen molar-refractivity contribution in [2.24, 2.45) is 0 Å². The highest BCUT2D eigenvalue weighted by molar-refractivity contribution is 14.1. The molecule has 0 aliphatic carbocycles. The van der Waals surface area contributed by atoms with E-state index in [0.717, 1.165) is 0 Å². The molecule has 1 N–H and O–H groups in total. The Morgan fingerprint density at radius 2 is 0.931 bits per heavy atom. The Kier molecular flexibility index (Phi) is 6.27. The van der Waals surface area contributed by atoms with Gasteiger partial charge in [-0.2, -0.15) is 0 Å². The van der Waals surface area contributed by atoms with Crippen molar-refractivity contribution in [1.82, 2.24) is 4.98 Å². The minimum atomic E-state index is 1.17. The number of aromatic nitrogens is 1. The highest BCUT2D eigenvalue weighted by atomic mass is 127. The number of aromatic amines is 1. The summed E-state index contributed by atoms with van der Waals surface area (Å²) >= 11 is 2.32. The Balaban J connectivity index is 0.000000171. The first kappa shape index (κ1) is 19.3. The number of anilines is 3. The van der Waals surface area contributed by atoms with Crippen LogP contribution in [0, 0.1) is 3.57 Å². The number of hydrogen-bond donors (Lipinski definition) is 1. The van der Waals surface area contributed by atoms with Crippen molar-refractivity contribution in [2.75, 3.05) is 4.90 Å². The van der Waals surface area contributed by atoms with Crippen molar-refractivity contribution in [3.8, 4) is 0 Å². The molecule has 1 heterocycles. The van der Waals surface area contributed by atoms with E-state index < -0.39 is 0 Å². The molecule has 0 aliphatic rings. The van der Waals surface area contributed by atoms with E-state index in [1.807, 2.05) is 30.5 Å². The largest absolute Gasteiger partial charge is 0.360 e. The molecular weight excluding hydrogens is 467 g/mol. The number of rotatable bonds is 3. The van der Waals surface area contributed by atoms with Crippen molar-refractivity contribution >= 4 is 50.6 Å². The van der Waals surface area contributed by atoms with E-state index in [-0.39, 0.29) is 0 Å². The minimum Gasteiger partial charge on any atom is -0.360 e. The predicted molar refractivity (Wildman–Crippen MR) is 132 cm³/mol. The molecule has 0 spiro atoms. The molecule has 1 aromatic heterocycles. The van der Waals surface area contributed by atoms with Crippen LogP contribution in [0.5, 0.6) is 0 Å². The third-order valence-corrected chi connectivity index (χ3v) is 5.47. The maximum absolute atomic E-state index is 3.18. The second-order valence-electron chi connectivity index (χ2n) is 6.52. The minimum absolute atomic E-state index is 1.17. The zero-order valence-corrected chi connectivity index (χ0v) is 18.0. The number of halogens is 1. The lowest BCUT2D eigenvalue weighted by molar-refractivity contribution is 1.28. The molecule has 5 aromatic rings. The zero-order valence-electron chi connectivity index (χ0n) is 15.9. The molecule has 0 fully saturated rings. The van der Waals surface area contributed by atoms with Gasteiger partial charge < -0.3 is 9.88 Å². The van der Waals surface area contributed by atoms with Crippen LogP contribution < -0.4 is 4.90 Å². The second kappa shape index (κ2) is 9.43. The average molecular weight is 488 g/mol. The normalized spacial score (nSPS) is 10.2. The average Bonchev–Trinajstić information content (AvgIpc) is 3.18. The molecule has 0 saturated carbocycles. The van der Waals surface area contributed by atoms with Gasteiger partial charge in [0.05, 0.1) is 0 Å². The third kappa shape index (κ3) is 4.69. The molecule has 4 aromatic carbocycles. The van der Waals surface area contributed by atoms with Gasteiger partial charge in [0.2, 0.25) is 0 Å². The van der Waals surface area contributed by atoms with Gasteiger partial charge in [-0.15, -0.1) is 0 Å². The van der Waals surface area contributed by atoms with Crippen molar-refractivity contribution in [1.29, 1.82) is 0 Å². The number of nitrogens with zero attached hydrogens (tertiary/aromatic N) is 1. The Labute approximate surface area is 185 Å². The van der Waals surface area contributed by atoms with E-state index >= 15 is 0 Å². The maximum Gasteiger partial charge on any atom is 0.0464 e. The monoisotopic (exact) mass is 488 g/mol. The van der Waals surface area contributed by atoms with E-state index in [1.54, 1.807) is 0 Å². The van der Waals surface area contributed by atoms with Gasteiger partial charge in [-0.1, -0.05) is 72.8 Å². The Morgan fingerprint density at radius 1 is 0.517 bits per heavy atom. The first-order valence-corrected chi connectivity index (χ1v) is 10.6. The van der Waals surface area contributed by atoms with E-state index in [1.165, 1.54) is 31.5 Å². The standard InChI is InChI=1S/C18H15N.C8H6IN/c1-4-10-16(11-5-1)19(17-12-6-2-7-13-17)18-14-8-3-9-15-18;9-7-5-10-8-4-2-1-3-6(7)8/h1-15H;1-5,10H. The fourth-order valence-electron chi connectivity index (χ4n) is 3.21. The SMILES string of the molecule is Ic1c[nH]c2ccccc12.c1ccc(N(c2ccccc2)c2ccccc2)cc1. The van der Waals surface area contributed by atoms with Gasteiger partial charge in [0, 0.05) is 37.7 Å². The summed E-state index contributed by atoms with van der Waals surface area (Å²) in [6.45, 7) is 0. The summed E-state index contributed by atoms with van der Waals surface area (Å²) in [4.78, 5) is 5.43. The van der Waals surface area contributed by atoms with Gasteiger partial charge in [-0.3, -0.25) is 0 Å². The lowest BCUT2D eigenvalue weighted by Crippen LogP contribution is -2.09. The summed E-state index contributed by atoms with van der Waals surface area (Å²) in [5.41, 5.74) is 4.71. The van der Waals surface area contributed by atoms with E-state index in [4.69, 9.17) is 0 Å². The van der Waals surface area contributed by atoms with Crippen molar-refractivity contribution in [3.63, 3.8) is 0 Å². The smallest absolute Gasteiger partial charge is 0.0464 e. The van der Waals surface area contributed by atoms with Crippen LogP contribution in [0.1, 0.15) is 0 Å². The van der Waals surface area contributed by atoms with Crippen LogP contribution in [0.3, 0.4) is 0 Å². The molecule has 0 unspecified atom stereocenters. The molecule has 0 radical (unpaired) electrons. The third-order valence-electron chi connectivity index (χ3n) is 4.58. The highest BCUT2D eigenvalue weighted by Crippen LogP contribution is 2.33. The molecule has 0 bridgehead atoms. The molecule has 0 saturated heterocycles. The Hall–Kier alpha value is -3.05. The summed E-state index contributed by atoms with van der Waals surface area (Å²) in [6.07, 6.45) is 2.02. The molecular formula is C26H21IN2. The van der Waals surface area contributed by atoms with Crippen molar-refractivity contribution < 1.29 is 0 Å². The van der Waals surface area contributed by atoms with Gasteiger partial charge >= 0.3 is 0 Å². The molecule has 2 nitrogen and oxygen atoms in total. The van der Waals surface area contributed by atoms with Crippen LogP contribution in [-0.2, 0) is 0 Å². The molecule has 0 aliphatic heterocycles. The van der Waals surface area contributed by atoms with Crippen LogP contribution in [0.25, 0.3) is 10.9 Å². The number of fused-ring (bicyclic) bond motifs is 1. The fourth-order valence-corrected chi connectivity index (χ4v) is 3.84. The van der Waals surface area contributed by atoms with E-state index in [9.17, 15) is 0 Å². The van der Waals surface area contributed by atoms with Gasteiger partial charge in [0.25, 0.3) is 0 Å². The summed E-state index contributed by atoms with van der Waals surface area (Å²) in [6, 6.07) is 39.5. The summed E-state index contributed by atoms with van der Waals surface area (Å²) in [5, 5.41) is 1.31. The highest BCUT2D eigenvalue weighted by Gasteiger charge is 2.10. The number of nitrogens with one attached hydrogen (secondary N) is 1. The molecule has 29 heavy (non-hydrogen) atoms. The number of hydrogen-bond acceptors (Lipinski definition) is 1. The van der Waals surface area contributed by atoms with Gasteiger partial charge in [0.1, 0.15) is 0 Å². The molecule has 0 amide bonds. The van der Waals surface area contributed by atoms with Gasteiger partial charge in [0.15, 0.2) is 0 Å². The number of benzene rings is 4. The van der Waals surface area contributed by atoms with Gasteiger partial charge in [-0.25, -0.2) is 0 Å². The predicted octanol–water partition coefficient (Wildman–Crippen LogP) is 7.93. The van der Waals surface area contributed by atoms with Crippen LogP contribution in [-0.4, -0.2) is 4.98 Å². The van der Waals surface area contributed by atoms with Crippen LogP contribution >= 0.6 is 22.6 Å². The van der Waals surface area contributed by atoms with E-state index in [0.29, 0.717) is 0 Å².